The fraction of sp³-hybridized carbons (Fsp3) is 0.273. The summed E-state index contributed by atoms with van der Waals surface area (Å²) in [7, 11) is 0. The Labute approximate surface area is 94.1 Å². The third-order valence-electron chi connectivity index (χ3n) is 1.78. The highest BCUT2D eigenvalue weighted by Crippen LogP contribution is 2.12. The summed E-state index contributed by atoms with van der Waals surface area (Å²) in [5.41, 5.74) is 3.77. The second-order valence-corrected chi connectivity index (χ2v) is 3.46. The molecular formula is C11H13ClN2O. The number of rotatable bonds is 6. The molecule has 0 aliphatic carbocycles. The standard InChI is InChI=1S/C11H13ClN2O/c12-10-4-6-11(7-5-10)14-13-8-2-1-3-9-15/h4-9,14H,1-3H2. The van der Waals surface area contributed by atoms with Gasteiger partial charge in [-0.3, -0.25) is 5.43 Å². The van der Waals surface area contributed by atoms with Crippen molar-refractivity contribution >= 4 is 29.8 Å². The van der Waals surface area contributed by atoms with Gasteiger partial charge in [0.15, 0.2) is 0 Å². The maximum Gasteiger partial charge on any atom is 0.120 e. The van der Waals surface area contributed by atoms with Gasteiger partial charge in [0.25, 0.3) is 0 Å². The summed E-state index contributed by atoms with van der Waals surface area (Å²) in [5, 5.41) is 4.71. The molecule has 0 aliphatic rings. The van der Waals surface area contributed by atoms with Gasteiger partial charge in [0.05, 0.1) is 5.69 Å². The van der Waals surface area contributed by atoms with Crippen LogP contribution in [0.3, 0.4) is 0 Å². The lowest BCUT2D eigenvalue weighted by Gasteiger charge is -1.98. The molecule has 0 spiro atoms. The summed E-state index contributed by atoms with van der Waals surface area (Å²) in [6.07, 6.45) is 4.92. The first-order valence-electron chi connectivity index (χ1n) is 4.79. The van der Waals surface area contributed by atoms with E-state index < -0.39 is 0 Å². The number of carbonyl (C=O) groups excluding carboxylic acids is 1. The van der Waals surface area contributed by atoms with Crippen molar-refractivity contribution in [1.82, 2.24) is 0 Å². The third-order valence-corrected chi connectivity index (χ3v) is 2.04. The average Bonchev–Trinajstić information content (AvgIpc) is 2.26. The second-order valence-electron chi connectivity index (χ2n) is 3.03. The van der Waals surface area contributed by atoms with Gasteiger partial charge < -0.3 is 4.79 Å². The maximum atomic E-state index is 10.0. The van der Waals surface area contributed by atoms with Crippen molar-refractivity contribution in [1.29, 1.82) is 0 Å². The summed E-state index contributed by atoms with van der Waals surface area (Å²) in [6.45, 7) is 0. The zero-order valence-corrected chi connectivity index (χ0v) is 9.07. The Morgan fingerprint density at radius 1 is 1.27 bits per heavy atom. The first kappa shape index (κ1) is 11.7. The first-order chi connectivity index (χ1) is 7.33. The molecule has 0 amide bonds. The zero-order valence-electron chi connectivity index (χ0n) is 8.32. The molecule has 0 atom stereocenters. The molecule has 0 radical (unpaired) electrons. The van der Waals surface area contributed by atoms with Crippen LogP contribution in [0.15, 0.2) is 29.4 Å². The van der Waals surface area contributed by atoms with Gasteiger partial charge in [-0.2, -0.15) is 5.10 Å². The van der Waals surface area contributed by atoms with E-state index in [0.29, 0.717) is 11.4 Å². The van der Waals surface area contributed by atoms with Gasteiger partial charge in [-0.25, -0.2) is 0 Å². The number of hydrogen-bond donors (Lipinski definition) is 1. The Morgan fingerprint density at radius 3 is 2.67 bits per heavy atom. The summed E-state index contributed by atoms with van der Waals surface area (Å²) in [4.78, 5) is 10.0. The van der Waals surface area contributed by atoms with E-state index in [-0.39, 0.29) is 0 Å². The van der Waals surface area contributed by atoms with Crippen molar-refractivity contribution in [3.8, 4) is 0 Å². The van der Waals surface area contributed by atoms with Crippen LogP contribution in [-0.4, -0.2) is 12.5 Å². The van der Waals surface area contributed by atoms with Gasteiger partial charge in [0, 0.05) is 17.7 Å². The Kier molecular flexibility index (Phi) is 5.48. The van der Waals surface area contributed by atoms with E-state index in [1.54, 1.807) is 18.3 Å². The van der Waals surface area contributed by atoms with E-state index in [4.69, 9.17) is 11.6 Å². The van der Waals surface area contributed by atoms with E-state index in [0.717, 1.165) is 24.8 Å². The van der Waals surface area contributed by atoms with Gasteiger partial charge in [-0.1, -0.05) is 11.6 Å². The predicted molar refractivity (Wildman–Crippen MR) is 63.5 cm³/mol. The lowest BCUT2D eigenvalue weighted by Crippen LogP contribution is -1.89. The molecule has 0 fully saturated rings. The fourth-order valence-electron chi connectivity index (χ4n) is 1.00. The average molecular weight is 225 g/mol. The van der Waals surface area contributed by atoms with Gasteiger partial charge >= 0.3 is 0 Å². The highest BCUT2D eigenvalue weighted by molar-refractivity contribution is 6.30. The lowest BCUT2D eigenvalue weighted by atomic mass is 10.3. The number of carbonyl (C=O) groups is 1. The summed E-state index contributed by atoms with van der Waals surface area (Å²) in [6, 6.07) is 7.30. The third kappa shape index (κ3) is 5.18. The van der Waals surface area contributed by atoms with E-state index in [2.05, 4.69) is 10.5 Å². The Balaban J connectivity index is 2.24. The van der Waals surface area contributed by atoms with Gasteiger partial charge in [-0.05, 0) is 37.1 Å². The SMILES string of the molecule is O=CCCCC=NNc1ccc(Cl)cc1. The predicted octanol–water partition coefficient (Wildman–Crippen LogP) is 3.11. The normalized spacial score (nSPS) is 10.5. The van der Waals surface area contributed by atoms with Crippen LogP contribution in [0, 0.1) is 0 Å². The highest BCUT2D eigenvalue weighted by atomic mass is 35.5. The number of nitrogens with one attached hydrogen (secondary N) is 1. The smallest absolute Gasteiger partial charge is 0.120 e. The minimum absolute atomic E-state index is 0.590. The van der Waals surface area contributed by atoms with Crippen LogP contribution in [-0.2, 0) is 4.79 Å². The number of hydrazone groups is 1. The van der Waals surface area contributed by atoms with E-state index in [1.165, 1.54) is 0 Å². The number of anilines is 1. The number of halogens is 1. The van der Waals surface area contributed by atoms with E-state index >= 15 is 0 Å². The van der Waals surface area contributed by atoms with Crippen LogP contribution in [0.4, 0.5) is 5.69 Å². The first-order valence-corrected chi connectivity index (χ1v) is 5.17. The minimum Gasteiger partial charge on any atom is -0.303 e. The van der Waals surface area contributed by atoms with Gasteiger partial charge in [-0.15, -0.1) is 0 Å². The molecule has 1 rings (SSSR count). The van der Waals surface area contributed by atoms with Crippen LogP contribution < -0.4 is 5.43 Å². The largest absolute Gasteiger partial charge is 0.303 e. The molecule has 0 unspecified atom stereocenters. The van der Waals surface area contributed by atoms with Crippen LogP contribution in [0.5, 0.6) is 0 Å². The topological polar surface area (TPSA) is 41.5 Å². The Hall–Kier alpha value is -1.35. The molecule has 1 N–H and O–H groups in total. The van der Waals surface area contributed by atoms with Crippen molar-refractivity contribution < 1.29 is 4.79 Å². The lowest BCUT2D eigenvalue weighted by molar-refractivity contribution is -0.107. The van der Waals surface area contributed by atoms with Crippen molar-refractivity contribution in [2.45, 2.75) is 19.3 Å². The molecular weight excluding hydrogens is 212 g/mol. The number of unbranched alkanes of at least 4 members (excludes halogenated alkanes) is 2. The van der Waals surface area contributed by atoms with E-state index in [1.807, 2.05) is 12.1 Å². The van der Waals surface area contributed by atoms with Crippen LogP contribution in [0.25, 0.3) is 0 Å². The molecule has 0 aliphatic heterocycles. The molecule has 0 bridgehead atoms. The Morgan fingerprint density at radius 2 is 2.00 bits per heavy atom. The van der Waals surface area contributed by atoms with Crippen molar-refractivity contribution in [3.05, 3.63) is 29.3 Å². The second kappa shape index (κ2) is 7.01. The molecule has 80 valence electrons. The van der Waals surface area contributed by atoms with Crippen molar-refractivity contribution in [2.24, 2.45) is 5.10 Å². The quantitative estimate of drug-likeness (QED) is 0.349. The minimum atomic E-state index is 0.590. The molecule has 0 heterocycles. The molecule has 4 heteroatoms. The number of nitrogens with zero attached hydrogens (tertiary/aromatic N) is 1. The number of aldehydes is 1. The molecule has 0 aromatic heterocycles. The van der Waals surface area contributed by atoms with Crippen LogP contribution in [0.1, 0.15) is 19.3 Å². The molecule has 0 saturated carbocycles. The summed E-state index contributed by atoms with van der Waals surface area (Å²) >= 11 is 5.73. The van der Waals surface area contributed by atoms with Crippen LogP contribution in [0.2, 0.25) is 5.02 Å². The van der Waals surface area contributed by atoms with Gasteiger partial charge in [0.2, 0.25) is 0 Å². The van der Waals surface area contributed by atoms with E-state index in [9.17, 15) is 4.79 Å². The van der Waals surface area contributed by atoms with Crippen molar-refractivity contribution in [3.63, 3.8) is 0 Å². The zero-order chi connectivity index (χ0) is 10.9. The number of benzene rings is 1. The Bertz CT molecular complexity index is 322. The molecule has 0 saturated heterocycles. The highest BCUT2D eigenvalue weighted by Gasteiger charge is 1.88. The van der Waals surface area contributed by atoms with Crippen molar-refractivity contribution in [2.75, 3.05) is 5.43 Å². The monoisotopic (exact) mass is 224 g/mol. The molecule has 3 nitrogen and oxygen atoms in total. The summed E-state index contributed by atoms with van der Waals surface area (Å²) in [5.74, 6) is 0. The maximum absolute atomic E-state index is 10.0. The summed E-state index contributed by atoms with van der Waals surface area (Å²) < 4.78 is 0. The molecule has 1 aromatic carbocycles. The number of hydrogen-bond acceptors (Lipinski definition) is 3. The molecule has 15 heavy (non-hydrogen) atoms. The molecule has 1 aromatic rings. The van der Waals surface area contributed by atoms with Crippen LogP contribution >= 0.6 is 11.6 Å². The van der Waals surface area contributed by atoms with Gasteiger partial charge in [0.1, 0.15) is 6.29 Å². The fourth-order valence-corrected chi connectivity index (χ4v) is 1.13.